The first-order valence-corrected chi connectivity index (χ1v) is 10.8. The van der Waals surface area contributed by atoms with E-state index in [1.807, 2.05) is 4.90 Å². The van der Waals surface area contributed by atoms with Crippen molar-refractivity contribution in [3.8, 4) is 0 Å². The largest absolute Gasteiger partial charge is 0.472 e. The molecule has 1 aromatic rings. The molecular weight excluding hydrogens is 340 g/mol. The Labute approximate surface area is 162 Å². The van der Waals surface area contributed by atoms with Crippen molar-refractivity contribution < 1.29 is 14.0 Å². The van der Waals surface area contributed by atoms with Gasteiger partial charge in [-0.3, -0.25) is 9.59 Å². The molecule has 5 heteroatoms. The van der Waals surface area contributed by atoms with Gasteiger partial charge in [-0.25, -0.2) is 0 Å². The fourth-order valence-corrected chi connectivity index (χ4v) is 4.50. The second kappa shape index (κ2) is 9.95. The standard InChI is InChI=1S/C22H34N2O3/c1-2-3-4-17-5-7-19(8-6-17)21(25)23-15-18-9-12-24(13-10-18)22(26)20-11-14-27-16-20/h11,14,16-19H,2-10,12-13,15H2,1H3,(H,23,25). The summed E-state index contributed by atoms with van der Waals surface area (Å²) in [4.78, 5) is 26.7. The van der Waals surface area contributed by atoms with Crippen molar-refractivity contribution in [3.63, 3.8) is 0 Å². The number of likely N-dealkylation sites (tertiary alicyclic amines) is 1. The molecule has 2 heterocycles. The molecule has 0 unspecified atom stereocenters. The molecule has 2 amide bonds. The molecule has 1 aliphatic carbocycles. The predicted octanol–water partition coefficient (Wildman–Crippen LogP) is 4.24. The van der Waals surface area contributed by atoms with Crippen molar-refractivity contribution in [1.82, 2.24) is 10.2 Å². The lowest BCUT2D eigenvalue weighted by atomic mass is 9.79. The highest BCUT2D eigenvalue weighted by Crippen LogP contribution is 2.32. The smallest absolute Gasteiger partial charge is 0.257 e. The van der Waals surface area contributed by atoms with Crippen molar-refractivity contribution in [3.05, 3.63) is 24.2 Å². The fraction of sp³-hybridized carbons (Fsp3) is 0.727. The monoisotopic (exact) mass is 374 g/mol. The van der Waals surface area contributed by atoms with E-state index in [9.17, 15) is 9.59 Å². The number of piperidine rings is 1. The first kappa shape index (κ1) is 20.0. The number of rotatable bonds is 7. The van der Waals surface area contributed by atoms with Crippen LogP contribution in [-0.4, -0.2) is 36.3 Å². The van der Waals surface area contributed by atoms with E-state index in [0.29, 0.717) is 11.5 Å². The number of furan rings is 1. The molecule has 0 atom stereocenters. The Kier molecular flexibility index (Phi) is 7.36. The number of hydrogen-bond acceptors (Lipinski definition) is 3. The molecule has 3 rings (SSSR count). The fourth-order valence-electron chi connectivity index (χ4n) is 4.50. The summed E-state index contributed by atoms with van der Waals surface area (Å²) in [6, 6.07) is 1.71. The Bertz CT molecular complexity index is 583. The van der Waals surface area contributed by atoms with Crippen molar-refractivity contribution in [2.24, 2.45) is 17.8 Å². The van der Waals surface area contributed by atoms with E-state index in [-0.39, 0.29) is 17.7 Å². The van der Waals surface area contributed by atoms with Crippen LogP contribution in [0.3, 0.4) is 0 Å². The van der Waals surface area contributed by atoms with E-state index in [0.717, 1.165) is 51.2 Å². The molecule has 2 aliphatic rings. The Morgan fingerprint density at radius 2 is 1.85 bits per heavy atom. The van der Waals surface area contributed by atoms with Gasteiger partial charge in [0.25, 0.3) is 5.91 Å². The quantitative estimate of drug-likeness (QED) is 0.776. The molecule has 0 bridgehead atoms. The first-order chi connectivity index (χ1) is 13.2. The second-order valence-corrected chi connectivity index (χ2v) is 8.35. The van der Waals surface area contributed by atoms with Crippen LogP contribution in [0.1, 0.15) is 75.1 Å². The number of carbonyl (C=O) groups is 2. The normalized spacial score (nSPS) is 24.0. The van der Waals surface area contributed by atoms with Crippen molar-refractivity contribution in [1.29, 1.82) is 0 Å². The average Bonchev–Trinajstić information content (AvgIpc) is 3.25. The molecule has 1 saturated carbocycles. The van der Waals surface area contributed by atoms with Crippen LogP contribution in [0.5, 0.6) is 0 Å². The number of amides is 2. The lowest BCUT2D eigenvalue weighted by Gasteiger charge is -2.32. The lowest BCUT2D eigenvalue weighted by molar-refractivity contribution is -0.126. The van der Waals surface area contributed by atoms with Crippen molar-refractivity contribution in [2.75, 3.05) is 19.6 Å². The van der Waals surface area contributed by atoms with Gasteiger partial charge in [0.1, 0.15) is 6.26 Å². The minimum absolute atomic E-state index is 0.0473. The lowest BCUT2D eigenvalue weighted by Crippen LogP contribution is -2.42. The summed E-state index contributed by atoms with van der Waals surface area (Å²) < 4.78 is 5.00. The molecule has 2 fully saturated rings. The van der Waals surface area contributed by atoms with Crippen LogP contribution >= 0.6 is 0 Å². The SMILES string of the molecule is CCCCC1CCC(C(=O)NCC2CCN(C(=O)c3ccoc3)CC2)CC1. The zero-order valence-electron chi connectivity index (χ0n) is 16.6. The zero-order chi connectivity index (χ0) is 19.1. The number of nitrogens with one attached hydrogen (secondary N) is 1. The molecule has 0 spiro atoms. The van der Waals surface area contributed by atoms with Gasteiger partial charge in [-0.1, -0.05) is 26.2 Å². The molecule has 150 valence electrons. The molecule has 5 nitrogen and oxygen atoms in total. The molecule has 1 aromatic heterocycles. The molecular formula is C22H34N2O3. The predicted molar refractivity (Wildman–Crippen MR) is 105 cm³/mol. The zero-order valence-corrected chi connectivity index (χ0v) is 16.6. The third-order valence-corrected chi connectivity index (χ3v) is 6.42. The summed E-state index contributed by atoms with van der Waals surface area (Å²) in [5.74, 6) is 1.83. The summed E-state index contributed by atoms with van der Waals surface area (Å²) in [6.07, 6.45) is 13.4. The van der Waals surface area contributed by atoms with Gasteiger partial charge in [0.15, 0.2) is 0 Å². The van der Waals surface area contributed by atoms with Gasteiger partial charge >= 0.3 is 0 Å². The summed E-state index contributed by atoms with van der Waals surface area (Å²) in [5, 5.41) is 3.19. The van der Waals surface area contributed by atoms with Gasteiger partial charge < -0.3 is 14.6 Å². The van der Waals surface area contributed by atoms with Crippen molar-refractivity contribution in [2.45, 2.75) is 64.7 Å². The highest BCUT2D eigenvalue weighted by molar-refractivity contribution is 5.93. The highest BCUT2D eigenvalue weighted by Gasteiger charge is 2.28. The molecule has 0 radical (unpaired) electrons. The topological polar surface area (TPSA) is 62.6 Å². The van der Waals surface area contributed by atoms with Gasteiger partial charge in [0, 0.05) is 25.6 Å². The third-order valence-electron chi connectivity index (χ3n) is 6.42. The van der Waals surface area contributed by atoms with Crippen LogP contribution in [0, 0.1) is 17.8 Å². The minimum atomic E-state index is 0.0473. The Balaban J connectivity index is 1.33. The van der Waals surface area contributed by atoms with Gasteiger partial charge in [-0.15, -0.1) is 0 Å². The van der Waals surface area contributed by atoms with Gasteiger partial charge in [0.2, 0.25) is 5.91 Å². The molecule has 0 aromatic carbocycles. The number of hydrogen-bond donors (Lipinski definition) is 1. The van der Waals surface area contributed by atoms with E-state index in [2.05, 4.69) is 12.2 Å². The second-order valence-electron chi connectivity index (χ2n) is 8.35. The van der Waals surface area contributed by atoms with Crippen LogP contribution in [0.2, 0.25) is 0 Å². The van der Waals surface area contributed by atoms with Gasteiger partial charge in [-0.2, -0.15) is 0 Å². The summed E-state index contributed by atoms with van der Waals surface area (Å²) in [7, 11) is 0. The maximum absolute atomic E-state index is 12.5. The maximum atomic E-state index is 12.5. The van der Waals surface area contributed by atoms with Gasteiger partial charge in [-0.05, 0) is 56.4 Å². The van der Waals surface area contributed by atoms with E-state index in [1.54, 1.807) is 6.07 Å². The summed E-state index contributed by atoms with van der Waals surface area (Å²) in [6.45, 7) is 4.51. The van der Waals surface area contributed by atoms with Crippen molar-refractivity contribution >= 4 is 11.8 Å². The molecule has 1 aliphatic heterocycles. The minimum Gasteiger partial charge on any atom is -0.472 e. The summed E-state index contributed by atoms with van der Waals surface area (Å²) >= 11 is 0. The molecule has 1 N–H and O–H groups in total. The van der Waals surface area contributed by atoms with Crippen LogP contribution in [0.25, 0.3) is 0 Å². The van der Waals surface area contributed by atoms with Crippen LogP contribution in [-0.2, 0) is 4.79 Å². The maximum Gasteiger partial charge on any atom is 0.257 e. The Morgan fingerprint density at radius 3 is 2.48 bits per heavy atom. The van der Waals surface area contributed by atoms with Crippen LogP contribution < -0.4 is 5.32 Å². The molecule has 1 saturated heterocycles. The third kappa shape index (κ3) is 5.60. The Hall–Kier alpha value is -1.78. The Morgan fingerprint density at radius 1 is 1.11 bits per heavy atom. The van der Waals surface area contributed by atoms with E-state index in [4.69, 9.17) is 4.42 Å². The average molecular weight is 375 g/mol. The molecule has 27 heavy (non-hydrogen) atoms. The van der Waals surface area contributed by atoms with E-state index < -0.39 is 0 Å². The number of carbonyl (C=O) groups excluding carboxylic acids is 2. The highest BCUT2D eigenvalue weighted by atomic mass is 16.3. The van der Waals surface area contributed by atoms with E-state index in [1.165, 1.54) is 44.6 Å². The van der Waals surface area contributed by atoms with Gasteiger partial charge in [0.05, 0.1) is 11.8 Å². The summed E-state index contributed by atoms with van der Waals surface area (Å²) in [5.41, 5.74) is 0.622. The number of unbranched alkanes of at least 4 members (excludes halogenated alkanes) is 1. The number of nitrogens with zero attached hydrogens (tertiary/aromatic N) is 1. The van der Waals surface area contributed by atoms with Crippen LogP contribution in [0.15, 0.2) is 23.0 Å². The van der Waals surface area contributed by atoms with Crippen LogP contribution in [0.4, 0.5) is 0 Å². The first-order valence-electron chi connectivity index (χ1n) is 10.8. The van der Waals surface area contributed by atoms with E-state index >= 15 is 0 Å².